The lowest BCUT2D eigenvalue weighted by atomic mass is 10.1. The van der Waals surface area contributed by atoms with Gasteiger partial charge in [0.15, 0.2) is 11.6 Å². The third kappa shape index (κ3) is 5.15. The Balaban J connectivity index is 2.86. The van der Waals surface area contributed by atoms with Gasteiger partial charge in [0.1, 0.15) is 0 Å². The fourth-order valence-electron chi connectivity index (χ4n) is 1.87. The minimum atomic E-state index is -0.220. The van der Waals surface area contributed by atoms with Crippen molar-refractivity contribution in [3.63, 3.8) is 0 Å². The molecule has 0 radical (unpaired) electrons. The number of pyridine rings is 1. The van der Waals surface area contributed by atoms with Crippen LogP contribution >= 0.6 is 0 Å². The molecule has 0 aromatic carbocycles. The summed E-state index contributed by atoms with van der Waals surface area (Å²) in [6.45, 7) is 11.7. The molecule has 1 N–H and O–H groups in total. The van der Waals surface area contributed by atoms with Crippen molar-refractivity contribution in [2.75, 3.05) is 18.5 Å². The second kappa shape index (κ2) is 6.33. The number of hydrogen-bond donors (Lipinski definition) is 1. The molecule has 0 saturated carbocycles. The number of anilines is 1. The molecule has 19 heavy (non-hydrogen) atoms. The summed E-state index contributed by atoms with van der Waals surface area (Å²) in [5.74, 6) is 0.687. The highest BCUT2D eigenvalue weighted by Crippen LogP contribution is 2.19. The van der Waals surface area contributed by atoms with Gasteiger partial charge in [0.2, 0.25) is 0 Å². The van der Waals surface area contributed by atoms with E-state index >= 15 is 0 Å². The normalized spacial score (nSPS) is 12.0. The lowest BCUT2D eigenvalue weighted by Gasteiger charge is -2.23. The van der Waals surface area contributed by atoms with Gasteiger partial charge < -0.3 is 10.2 Å². The summed E-state index contributed by atoms with van der Waals surface area (Å²) in [6.07, 6.45) is 1.68. The van der Waals surface area contributed by atoms with Crippen LogP contribution in [0.1, 0.15) is 40.2 Å². The molecule has 1 rings (SSSR count). The van der Waals surface area contributed by atoms with Crippen molar-refractivity contribution < 1.29 is 4.39 Å². The molecule has 1 heterocycles. The van der Waals surface area contributed by atoms with Crippen LogP contribution in [-0.2, 0) is 6.54 Å². The fraction of sp³-hybridized carbons (Fsp3) is 0.667. The largest absolute Gasteiger partial charge is 0.357 e. The van der Waals surface area contributed by atoms with Crippen LogP contribution in [0.3, 0.4) is 0 Å². The third-order valence-electron chi connectivity index (χ3n) is 2.76. The number of aromatic nitrogens is 1. The molecule has 0 aliphatic carbocycles. The van der Waals surface area contributed by atoms with E-state index in [1.807, 2.05) is 11.9 Å². The van der Waals surface area contributed by atoms with Crippen LogP contribution in [0.2, 0.25) is 0 Å². The van der Waals surface area contributed by atoms with Crippen molar-refractivity contribution in [3.8, 4) is 0 Å². The summed E-state index contributed by atoms with van der Waals surface area (Å²) in [6, 6.07) is 1.74. The van der Waals surface area contributed by atoms with Gasteiger partial charge in [0.25, 0.3) is 0 Å². The molecule has 1 aromatic rings. The van der Waals surface area contributed by atoms with Gasteiger partial charge in [0.05, 0.1) is 0 Å². The first kappa shape index (κ1) is 15.9. The molecule has 0 aliphatic heterocycles. The van der Waals surface area contributed by atoms with E-state index in [-0.39, 0.29) is 11.4 Å². The summed E-state index contributed by atoms with van der Waals surface area (Å²) in [5.41, 5.74) is 0.634. The first-order chi connectivity index (χ1) is 8.70. The molecule has 0 fully saturated rings. The van der Waals surface area contributed by atoms with Crippen molar-refractivity contribution >= 4 is 5.82 Å². The second-order valence-corrected chi connectivity index (χ2v) is 6.49. The summed E-state index contributed by atoms with van der Waals surface area (Å²) < 4.78 is 14.4. The third-order valence-corrected chi connectivity index (χ3v) is 2.76. The van der Waals surface area contributed by atoms with E-state index in [0.717, 1.165) is 6.54 Å². The molecule has 4 heteroatoms. The Labute approximate surface area is 116 Å². The van der Waals surface area contributed by atoms with Crippen molar-refractivity contribution in [3.05, 3.63) is 23.6 Å². The maximum atomic E-state index is 14.4. The molecule has 0 spiro atoms. The molecule has 3 nitrogen and oxygen atoms in total. The highest BCUT2D eigenvalue weighted by molar-refractivity contribution is 5.42. The molecular weight excluding hydrogens is 241 g/mol. The Kier molecular flexibility index (Phi) is 5.29. The minimum Gasteiger partial charge on any atom is -0.357 e. The van der Waals surface area contributed by atoms with Gasteiger partial charge >= 0.3 is 0 Å². The molecule has 0 amide bonds. The van der Waals surface area contributed by atoms with Gasteiger partial charge in [-0.15, -0.1) is 0 Å². The molecule has 0 saturated heterocycles. The van der Waals surface area contributed by atoms with Gasteiger partial charge in [0, 0.05) is 37.4 Å². The van der Waals surface area contributed by atoms with Crippen LogP contribution in [0.15, 0.2) is 12.3 Å². The number of nitrogens with one attached hydrogen (secondary N) is 1. The van der Waals surface area contributed by atoms with E-state index in [4.69, 9.17) is 0 Å². The highest BCUT2D eigenvalue weighted by Gasteiger charge is 2.16. The van der Waals surface area contributed by atoms with Crippen molar-refractivity contribution in [2.24, 2.45) is 5.92 Å². The SMILES string of the molecule is CC(C)CN(C)c1nccc(CNC(C)(C)C)c1F. The number of nitrogens with zero attached hydrogens (tertiary/aromatic N) is 2. The van der Waals surface area contributed by atoms with Crippen LogP contribution in [-0.4, -0.2) is 24.1 Å². The number of rotatable bonds is 5. The zero-order valence-electron chi connectivity index (χ0n) is 12.9. The smallest absolute Gasteiger partial charge is 0.170 e. The van der Waals surface area contributed by atoms with Gasteiger partial charge in [-0.25, -0.2) is 9.37 Å². The van der Waals surface area contributed by atoms with Crippen molar-refractivity contribution in [2.45, 2.75) is 46.7 Å². The quantitative estimate of drug-likeness (QED) is 0.888. The van der Waals surface area contributed by atoms with Crippen LogP contribution in [0.25, 0.3) is 0 Å². The molecule has 0 atom stereocenters. The fourth-order valence-corrected chi connectivity index (χ4v) is 1.87. The van der Waals surface area contributed by atoms with Crippen LogP contribution in [0.5, 0.6) is 0 Å². The minimum absolute atomic E-state index is 0.0281. The monoisotopic (exact) mass is 267 g/mol. The van der Waals surface area contributed by atoms with E-state index in [2.05, 4.69) is 44.9 Å². The molecule has 0 aliphatic rings. The van der Waals surface area contributed by atoms with Crippen LogP contribution in [0.4, 0.5) is 10.2 Å². The summed E-state index contributed by atoms with van der Waals surface area (Å²) >= 11 is 0. The highest BCUT2D eigenvalue weighted by atomic mass is 19.1. The van der Waals surface area contributed by atoms with Crippen LogP contribution < -0.4 is 10.2 Å². The lowest BCUT2D eigenvalue weighted by molar-refractivity contribution is 0.418. The first-order valence-corrected chi connectivity index (χ1v) is 6.80. The van der Waals surface area contributed by atoms with Crippen LogP contribution in [0, 0.1) is 11.7 Å². The van der Waals surface area contributed by atoms with Gasteiger partial charge in [-0.2, -0.15) is 0 Å². The van der Waals surface area contributed by atoms with Crippen molar-refractivity contribution in [1.82, 2.24) is 10.3 Å². The predicted molar refractivity (Wildman–Crippen MR) is 78.9 cm³/mol. The van der Waals surface area contributed by atoms with Gasteiger partial charge in [-0.1, -0.05) is 13.8 Å². The summed E-state index contributed by atoms with van der Waals surface area (Å²) in [7, 11) is 1.88. The average molecular weight is 267 g/mol. The van der Waals surface area contributed by atoms with E-state index in [1.54, 1.807) is 12.3 Å². The van der Waals surface area contributed by atoms with E-state index < -0.39 is 0 Å². The Morgan fingerprint density at radius 2 is 2.00 bits per heavy atom. The van der Waals surface area contributed by atoms with E-state index in [1.165, 1.54) is 0 Å². The number of halogens is 1. The van der Waals surface area contributed by atoms with Crippen molar-refractivity contribution in [1.29, 1.82) is 0 Å². The molecule has 108 valence electrons. The Morgan fingerprint density at radius 1 is 1.37 bits per heavy atom. The van der Waals surface area contributed by atoms with Gasteiger partial charge in [-0.3, -0.25) is 0 Å². The maximum Gasteiger partial charge on any atom is 0.170 e. The van der Waals surface area contributed by atoms with E-state index in [9.17, 15) is 4.39 Å². The standard InChI is InChI=1S/C15H26FN3/c1-11(2)10-19(6)14-13(16)12(7-8-17-14)9-18-15(3,4)5/h7-8,11,18H,9-10H2,1-6H3. The molecule has 0 bridgehead atoms. The lowest BCUT2D eigenvalue weighted by Crippen LogP contribution is -2.35. The Morgan fingerprint density at radius 3 is 2.53 bits per heavy atom. The first-order valence-electron chi connectivity index (χ1n) is 6.80. The molecule has 0 unspecified atom stereocenters. The van der Waals surface area contributed by atoms with E-state index in [0.29, 0.717) is 23.8 Å². The zero-order valence-corrected chi connectivity index (χ0v) is 12.9. The average Bonchev–Trinajstić information content (AvgIpc) is 2.25. The predicted octanol–water partition coefficient (Wildman–Crippen LogP) is 3.20. The summed E-state index contributed by atoms with van der Waals surface area (Å²) in [5, 5.41) is 3.30. The molecular formula is C15H26FN3. The summed E-state index contributed by atoms with van der Waals surface area (Å²) in [4.78, 5) is 6.04. The second-order valence-electron chi connectivity index (χ2n) is 6.49. The molecule has 1 aromatic heterocycles. The Bertz CT molecular complexity index is 410. The van der Waals surface area contributed by atoms with Gasteiger partial charge in [-0.05, 0) is 32.8 Å². The Hall–Kier alpha value is -1.16. The zero-order chi connectivity index (χ0) is 14.6. The maximum absolute atomic E-state index is 14.4. The topological polar surface area (TPSA) is 28.2 Å². The number of hydrogen-bond acceptors (Lipinski definition) is 3.